The van der Waals surface area contributed by atoms with Crippen molar-refractivity contribution in [2.75, 3.05) is 6.54 Å². The van der Waals surface area contributed by atoms with E-state index in [2.05, 4.69) is 0 Å². The highest BCUT2D eigenvalue weighted by molar-refractivity contribution is 5.39. The van der Waals surface area contributed by atoms with Gasteiger partial charge in [-0.05, 0) is 18.6 Å². The molecule has 0 amide bonds. The van der Waals surface area contributed by atoms with E-state index in [1.165, 1.54) is 6.07 Å². The number of phenols is 1. The summed E-state index contributed by atoms with van der Waals surface area (Å²) in [5.74, 6) is -1.05. The number of aromatic hydroxyl groups is 1. The van der Waals surface area contributed by atoms with Crippen LogP contribution in [0.25, 0.3) is 0 Å². The van der Waals surface area contributed by atoms with E-state index in [0.29, 0.717) is 11.1 Å². The molecule has 1 aromatic carbocycles. The van der Waals surface area contributed by atoms with Gasteiger partial charge in [0.2, 0.25) is 0 Å². The summed E-state index contributed by atoms with van der Waals surface area (Å²) in [4.78, 5) is 0. The summed E-state index contributed by atoms with van der Waals surface area (Å²) in [5, 5.41) is 9.31. The third-order valence-corrected chi connectivity index (χ3v) is 1.89. The van der Waals surface area contributed by atoms with Crippen LogP contribution in [-0.2, 0) is 0 Å². The SMILES string of the molecule is Cc1cc(F)c(O)c([C@H](N)CN)c1. The molecule has 3 nitrogen and oxygen atoms in total. The van der Waals surface area contributed by atoms with Crippen molar-refractivity contribution in [2.24, 2.45) is 11.5 Å². The fourth-order valence-corrected chi connectivity index (χ4v) is 1.17. The number of nitrogens with two attached hydrogens (primary N) is 2. The van der Waals surface area contributed by atoms with Crippen LogP contribution in [0.15, 0.2) is 12.1 Å². The van der Waals surface area contributed by atoms with Gasteiger partial charge in [-0.15, -0.1) is 0 Å². The Labute approximate surface area is 76.2 Å². The lowest BCUT2D eigenvalue weighted by atomic mass is 10.0. The fraction of sp³-hybridized carbons (Fsp3) is 0.333. The molecule has 0 aliphatic carbocycles. The van der Waals surface area contributed by atoms with E-state index < -0.39 is 17.6 Å². The average Bonchev–Trinajstić information content (AvgIpc) is 2.10. The van der Waals surface area contributed by atoms with Gasteiger partial charge in [0.15, 0.2) is 11.6 Å². The second kappa shape index (κ2) is 3.72. The molecular weight excluding hydrogens is 171 g/mol. The summed E-state index contributed by atoms with van der Waals surface area (Å²) in [6.07, 6.45) is 0. The molecule has 0 aliphatic rings. The summed E-state index contributed by atoms with van der Waals surface area (Å²) in [6, 6.07) is 2.37. The van der Waals surface area contributed by atoms with Crippen LogP contribution in [0.1, 0.15) is 17.2 Å². The van der Waals surface area contributed by atoms with Crippen LogP contribution >= 0.6 is 0 Å². The number of phenolic OH excluding ortho intramolecular Hbond substituents is 1. The molecule has 0 fully saturated rings. The smallest absolute Gasteiger partial charge is 0.165 e. The molecule has 0 unspecified atom stereocenters. The third-order valence-electron chi connectivity index (χ3n) is 1.89. The first kappa shape index (κ1) is 9.95. The van der Waals surface area contributed by atoms with Crippen molar-refractivity contribution < 1.29 is 9.50 Å². The lowest BCUT2D eigenvalue weighted by molar-refractivity contribution is 0.420. The van der Waals surface area contributed by atoms with Crippen LogP contribution in [0.2, 0.25) is 0 Å². The first-order chi connectivity index (χ1) is 6.06. The second-order valence-corrected chi connectivity index (χ2v) is 3.03. The van der Waals surface area contributed by atoms with E-state index in [-0.39, 0.29) is 6.54 Å². The van der Waals surface area contributed by atoms with Gasteiger partial charge >= 0.3 is 0 Å². The van der Waals surface area contributed by atoms with Crippen molar-refractivity contribution in [1.29, 1.82) is 0 Å². The van der Waals surface area contributed by atoms with Crippen LogP contribution < -0.4 is 11.5 Å². The maximum atomic E-state index is 13.0. The zero-order valence-electron chi connectivity index (χ0n) is 7.42. The molecule has 5 N–H and O–H groups in total. The summed E-state index contributed by atoms with van der Waals surface area (Å²) >= 11 is 0. The van der Waals surface area contributed by atoms with Gasteiger partial charge in [-0.1, -0.05) is 6.07 Å². The zero-order chi connectivity index (χ0) is 10.0. The molecule has 13 heavy (non-hydrogen) atoms. The van der Waals surface area contributed by atoms with Gasteiger partial charge in [-0.2, -0.15) is 0 Å². The van der Waals surface area contributed by atoms with Crippen molar-refractivity contribution in [1.82, 2.24) is 0 Å². The Kier molecular flexibility index (Phi) is 2.85. The Balaban J connectivity index is 3.20. The number of rotatable bonds is 2. The van der Waals surface area contributed by atoms with Gasteiger partial charge in [0.25, 0.3) is 0 Å². The summed E-state index contributed by atoms with van der Waals surface area (Å²) in [7, 11) is 0. The monoisotopic (exact) mass is 184 g/mol. The molecular formula is C9H13FN2O. The predicted molar refractivity (Wildman–Crippen MR) is 48.8 cm³/mol. The minimum atomic E-state index is -0.654. The third kappa shape index (κ3) is 1.96. The number of benzene rings is 1. The molecule has 0 spiro atoms. The van der Waals surface area contributed by atoms with Gasteiger partial charge < -0.3 is 16.6 Å². The highest BCUT2D eigenvalue weighted by Crippen LogP contribution is 2.26. The highest BCUT2D eigenvalue weighted by atomic mass is 19.1. The fourth-order valence-electron chi connectivity index (χ4n) is 1.17. The van der Waals surface area contributed by atoms with E-state index in [0.717, 1.165) is 0 Å². The molecule has 1 aromatic rings. The van der Waals surface area contributed by atoms with Gasteiger partial charge in [-0.3, -0.25) is 0 Å². The van der Waals surface area contributed by atoms with E-state index in [9.17, 15) is 9.50 Å². The second-order valence-electron chi connectivity index (χ2n) is 3.03. The molecule has 72 valence electrons. The first-order valence-electron chi connectivity index (χ1n) is 4.01. The maximum absolute atomic E-state index is 13.0. The molecule has 0 aliphatic heterocycles. The maximum Gasteiger partial charge on any atom is 0.165 e. The quantitative estimate of drug-likeness (QED) is 0.636. The molecule has 0 bridgehead atoms. The van der Waals surface area contributed by atoms with Crippen LogP contribution in [0.4, 0.5) is 4.39 Å². The highest BCUT2D eigenvalue weighted by Gasteiger charge is 2.13. The van der Waals surface area contributed by atoms with E-state index in [4.69, 9.17) is 11.5 Å². The largest absolute Gasteiger partial charge is 0.505 e. The van der Waals surface area contributed by atoms with Crippen molar-refractivity contribution in [3.63, 3.8) is 0 Å². The number of aryl methyl sites for hydroxylation is 1. The molecule has 0 heterocycles. The summed E-state index contributed by atoms with van der Waals surface area (Å²) < 4.78 is 13.0. The Morgan fingerprint density at radius 3 is 2.69 bits per heavy atom. The molecule has 0 saturated heterocycles. The van der Waals surface area contributed by atoms with Crippen LogP contribution in [0, 0.1) is 12.7 Å². The Morgan fingerprint density at radius 1 is 1.54 bits per heavy atom. The standard InChI is InChI=1S/C9H13FN2O/c1-5-2-6(8(12)4-11)9(13)7(10)3-5/h2-3,8,13H,4,11-12H2,1H3/t8-/m1/s1. The van der Waals surface area contributed by atoms with Crippen molar-refractivity contribution >= 4 is 0 Å². The van der Waals surface area contributed by atoms with Crippen LogP contribution in [-0.4, -0.2) is 11.7 Å². The molecule has 1 rings (SSSR count). The lowest BCUT2D eigenvalue weighted by Gasteiger charge is -2.12. The number of hydrogen-bond donors (Lipinski definition) is 3. The minimum absolute atomic E-state index is 0.177. The number of halogens is 1. The normalized spacial score (nSPS) is 12.9. The Bertz CT molecular complexity index is 315. The van der Waals surface area contributed by atoms with E-state index >= 15 is 0 Å². The number of hydrogen-bond acceptors (Lipinski definition) is 3. The first-order valence-corrected chi connectivity index (χ1v) is 4.01. The Morgan fingerprint density at radius 2 is 2.15 bits per heavy atom. The topological polar surface area (TPSA) is 72.3 Å². The van der Waals surface area contributed by atoms with Gasteiger partial charge in [-0.25, -0.2) is 4.39 Å². The summed E-state index contributed by atoms with van der Waals surface area (Å²) in [5.41, 5.74) is 12.0. The van der Waals surface area contributed by atoms with Crippen LogP contribution in [0.5, 0.6) is 5.75 Å². The Hall–Kier alpha value is -1.13. The van der Waals surface area contributed by atoms with Gasteiger partial charge in [0, 0.05) is 18.2 Å². The van der Waals surface area contributed by atoms with Gasteiger partial charge in [0.1, 0.15) is 0 Å². The molecule has 0 saturated carbocycles. The molecule has 0 aromatic heterocycles. The van der Waals surface area contributed by atoms with Crippen molar-refractivity contribution in [3.05, 3.63) is 29.1 Å². The zero-order valence-corrected chi connectivity index (χ0v) is 7.42. The van der Waals surface area contributed by atoms with Gasteiger partial charge in [0.05, 0.1) is 0 Å². The van der Waals surface area contributed by atoms with Crippen molar-refractivity contribution in [2.45, 2.75) is 13.0 Å². The predicted octanol–water partition coefficient (Wildman–Crippen LogP) is 0.798. The molecule has 0 radical (unpaired) electrons. The van der Waals surface area contributed by atoms with Crippen LogP contribution in [0.3, 0.4) is 0 Å². The van der Waals surface area contributed by atoms with E-state index in [1.54, 1.807) is 13.0 Å². The molecule has 1 atom stereocenters. The lowest BCUT2D eigenvalue weighted by Crippen LogP contribution is -2.21. The summed E-state index contributed by atoms with van der Waals surface area (Å²) in [6.45, 7) is 1.91. The molecule has 4 heteroatoms. The minimum Gasteiger partial charge on any atom is -0.505 e. The van der Waals surface area contributed by atoms with Crippen molar-refractivity contribution in [3.8, 4) is 5.75 Å². The van der Waals surface area contributed by atoms with E-state index in [1.807, 2.05) is 0 Å². The average molecular weight is 184 g/mol.